The molecule has 4 heteroatoms. The molecule has 0 atom stereocenters. The number of ether oxygens (including phenoxy) is 3. The standard InChI is InChI=1S/C24H37NO3/c1-8-10-12-14-17-18(13-11-9-2)23(28-24(3,4)5)25-22-20(27-7)16-15-19(26-6)21(17)22/h15-16H,8-14H2,1-7H3. The number of pyridine rings is 1. The average molecular weight is 388 g/mol. The highest BCUT2D eigenvalue weighted by molar-refractivity contribution is 5.94. The Hall–Kier alpha value is -1.97. The highest BCUT2D eigenvalue weighted by Gasteiger charge is 2.24. The maximum atomic E-state index is 6.35. The van der Waals surface area contributed by atoms with E-state index in [1.165, 1.54) is 24.0 Å². The Bertz CT molecular complexity index is 778. The van der Waals surface area contributed by atoms with E-state index in [-0.39, 0.29) is 5.60 Å². The number of unbranched alkanes of at least 4 members (excludes halogenated alkanes) is 3. The van der Waals surface area contributed by atoms with Crippen molar-refractivity contribution in [2.45, 2.75) is 85.2 Å². The second kappa shape index (κ2) is 9.99. The first kappa shape index (κ1) is 22.3. The number of rotatable bonds is 10. The molecule has 0 unspecified atom stereocenters. The van der Waals surface area contributed by atoms with Crippen molar-refractivity contribution >= 4 is 10.9 Å². The zero-order valence-electron chi connectivity index (χ0n) is 18.8. The van der Waals surface area contributed by atoms with Crippen LogP contribution in [0.1, 0.15) is 77.8 Å². The molecule has 0 aliphatic rings. The van der Waals surface area contributed by atoms with Gasteiger partial charge in [0.2, 0.25) is 5.88 Å². The molecule has 0 fully saturated rings. The average Bonchev–Trinajstić information content (AvgIpc) is 2.65. The van der Waals surface area contributed by atoms with Crippen molar-refractivity contribution < 1.29 is 14.2 Å². The molecule has 0 aliphatic heterocycles. The lowest BCUT2D eigenvalue weighted by Gasteiger charge is -2.25. The Balaban J connectivity index is 2.80. The van der Waals surface area contributed by atoms with E-state index in [4.69, 9.17) is 19.2 Å². The van der Waals surface area contributed by atoms with Crippen molar-refractivity contribution in [3.63, 3.8) is 0 Å². The summed E-state index contributed by atoms with van der Waals surface area (Å²) in [5.41, 5.74) is 3.05. The summed E-state index contributed by atoms with van der Waals surface area (Å²) in [7, 11) is 3.41. The molecule has 28 heavy (non-hydrogen) atoms. The molecule has 0 radical (unpaired) electrons. The highest BCUT2D eigenvalue weighted by Crippen LogP contribution is 2.40. The second-order valence-electron chi connectivity index (χ2n) is 8.34. The van der Waals surface area contributed by atoms with Crippen LogP contribution in [-0.2, 0) is 12.8 Å². The fourth-order valence-electron chi connectivity index (χ4n) is 3.55. The molecule has 4 nitrogen and oxygen atoms in total. The number of benzene rings is 1. The van der Waals surface area contributed by atoms with E-state index < -0.39 is 0 Å². The number of hydrogen-bond donors (Lipinski definition) is 0. The lowest BCUT2D eigenvalue weighted by atomic mass is 9.93. The predicted octanol–water partition coefficient (Wildman–Crippen LogP) is 6.50. The van der Waals surface area contributed by atoms with Gasteiger partial charge in [-0.2, -0.15) is 0 Å². The van der Waals surface area contributed by atoms with Gasteiger partial charge in [-0.3, -0.25) is 0 Å². The first-order valence-corrected chi connectivity index (χ1v) is 10.6. The predicted molar refractivity (Wildman–Crippen MR) is 117 cm³/mol. The fraction of sp³-hybridized carbons (Fsp3) is 0.625. The van der Waals surface area contributed by atoms with E-state index in [2.05, 4.69) is 34.6 Å². The van der Waals surface area contributed by atoms with E-state index in [0.29, 0.717) is 0 Å². The van der Waals surface area contributed by atoms with Crippen molar-refractivity contribution in [2.24, 2.45) is 0 Å². The van der Waals surface area contributed by atoms with Crippen LogP contribution in [0, 0.1) is 0 Å². The van der Waals surface area contributed by atoms with Gasteiger partial charge in [0, 0.05) is 10.9 Å². The van der Waals surface area contributed by atoms with Gasteiger partial charge in [-0.05, 0) is 64.2 Å². The van der Waals surface area contributed by atoms with Gasteiger partial charge in [0.15, 0.2) is 0 Å². The molecule has 0 saturated heterocycles. The number of hydrogen-bond acceptors (Lipinski definition) is 4. The summed E-state index contributed by atoms with van der Waals surface area (Å²) in [6.07, 6.45) is 7.75. The zero-order valence-corrected chi connectivity index (χ0v) is 18.8. The number of aromatic nitrogens is 1. The Morgan fingerprint density at radius 3 is 2.00 bits per heavy atom. The van der Waals surface area contributed by atoms with E-state index in [9.17, 15) is 0 Å². The smallest absolute Gasteiger partial charge is 0.218 e. The lowest BCUT2D eigenvalue weighted by Crippen LogP contribution is -2.25. The number of aryl methyl sites for hydroxylation is 1. The SMILES string of the molecule is CCCCCc1c(CCCC)c(OC(C)(C)C)nc2c(OC)ccc(OC)c12. The molecule has 1 aromatic carbocycles. The Morgan fingerprint density at radius 2 is 1.43 bits per heavy atom. The van der Waals surface area contributed by atoms with Crippen molar-refractivity contribution in [3.8, 4) is 17.4 Å². The van der Waals surface area contributed by atoms with E-state index >= 15 is 0 Å². The van der Waals surface area contributed by atoms with Crippen molar-refractivity contribution in [1.29, 1.82) is 0 Å². The summed E-state index contributed by atoms with van der Waals surface area (Å²) in [4.78, 5) is 4.95. The van der Waals surface area contributed by atoms with Crippen LogP contribution in [-0.4, -0.2) is 24.8 Å². The molecule has 0 spiro atoms. The normalized spacial score (nSPS) is 11.7. The molecule has 156 valence electrons. The summed E-state index contributed by atoms with van der Waals surface area (Å²) >= 11 is 0. The van der Waals surface area contributed by atoms with Crippen LogP contribution in [0.4, 0.5) is 0 Å². The molecular weight excluding hydrogens is 350 g/mol. The van der Waals surface area contributed by atoms with Crippen molar-refractivity contribution in [2.75, 3.05) is 14.2 Å². The first-order valence-electron chi connectivity index (χ1n) is 10.6. The second-order valence-corrected chi connectivity index (χ2v) is 8.34. The van der Waals surface area contributed by atoms with E-state index in [0.717, 1.165) is 60.4 Å². The van der Waals surface area contributed by atoms with Gasteiger partial charge < -0.3 is 14.2 Å². The van der Waals surface area contributed by atoms with Crippen molar-refractivity contribution in [1.82, 2.24) is 4.98 Å². The molecule has 0 aliphatic carbocycles. The molecule has 1 heterocycles. The lowest BCUT2D eigenvalue weighted by molar-refractivity contribution is 0.122. The van der Waals surface area contributed by atoms with E-state index in [1.807, 2.05) is 12.1 Å². The Labute approximate surface area is 170 Å². The summed E-state index contributed by atoms with van der Waals surface area (Å²) in [6.45, 7) is 10.7. The van der Waals surface area contributed by atoms with Crippen LogP contribution >= 0.6 is 0 Å². The Morgan fingerprint density at radius 1 is 0.821 bits per heavy atom. The van der Waals surface area contributed by atoms with Gasteiger partial charge in [0.25, 0.3) is 0 Å². The first-order chi connectivity index (χ1) is 13.4. The molecule has 2 aromatic rings. The summed E-state index contributed by atoms with van der Waals surface area (Å²) in [5.74, 6) is 2.36. The summed E-state index contributed by atoms with van der Waals surface area (Å²) in [5, 5.41) is 1.07. The quantitative estimate of drug-likeness (QED) is 0.436. The summed E-state index contributed by atoms with van der Waals surface area (Å²) in [6, 6.07) is 3.91. The number of nitrogens with zero attached hydrogens (tertiary/aromatic N) is 1. The molecule has 0 saturated carbocycles. The topological polar surface area (TPSA) is 40.6 Å². The van der Waals surface area contributed by atoms with Gasteiger partial charge in [-0.1, -0.05) is 33.1 Å². The number of methoxy groups -OCH3 is 2. The zero-order chi connectivity index (χ0) is 20.7. The highest BCUT2D eigenvalue weighted by atomic mass is 16.5. The van der Waals surface area contributed by atoms with Gasteiger partial charge in [-0.15, -0.1) is 0 Å². The van der Waals surface area contributed by atoms with Gasteiger partial charge >= 0.3 is 0 Å². The Kier molecular flexibility index (Phi) is 7.97. The van der Waals surface area contributed by atoms with Crippen LogP contribution in [0.2, 0.25) is 0 Å². The minimum atomic E-state index is -0.311. The van der Waals surface area contributed by atoms with E-state index in [1.54, 1.807) is 14.2 Å². The van der Waals surface area contributed by atoms with Crippen LogP contribution in [0.5, 0.6) is 17.4 Å². The third-order valence-corrected chi connectivity index (χ3v) is 4.89. The maximum Gasteiger partial charge on any atom is 0.218 e. The largest absolute Gasteiger partial charge is 0.496 e. The maximum absolute atomic E-state index is 6.35. The molecule has 0 amide bonds. The van der Waals surface area contributed by atoms with Gasteiger partial charge in [0.1, 0.15) is 22.6 Å². The third kappa shape index (κ3) is 5.30. The minimum absolute atomic E-state index is 0.311. The fourth-order valence-corrected chi connectivity index (χ4v) is 3.55. The monoisotopic (exact) mass is 387 g/mol. The van der Waals surface area contributed by atoms with Crippen LogP contribution < -0.4 is 14.2 Å². The molecule has 0 bridgehead atoms. The van der Waals surface area contributed by atoms with Gasteiger partial charge in [-0.25, -0.2) is 4.98 Å². The molecule has 1 aromatic heterocycles. The van der Waals surface area contributed by atoms with Crippen LogP contribution in [0.25, 0.3) is 10.9 Å². The van der Waals surface area contributed by atoms with Crippen molar-refractivity contribution in [3.05, 3.63) is 23.3 Å². The number of fused-ring (bicyclic) bond motifs is 1. The van der Waals surface area contributed by atoms with Gasteiger partial charge in [0.05, 0.1) is 14.2 Å². The molecule has 2 rings (SSSR count). The van der Waals surface area contributed by atoms with Crippen LogP contribution in [0.15, 0.2) is 12.1 Å². The molecular formula is C24H37NO3. The molecule has 0 N–H and O–H groups in total. The summed E-state index contributed by atoms with van der Waals surface area (Å²) < 4.78 is 17.7. The third-order valence-electron chi connectivity index (χ3n) is 4.89. The minimum Gasteiger partial charge on any atom is -0.496 e. The van der Waals surface area contributed by atoms with Crippen LogP contribution in [0.3, 0.4) is 0 Å².